The van der Waals surface area contributed by atoms with Gasteiger partial charge in [0.15, 0.2) is 11.9 Å². The molecule has 0 bridgehead atoms. The summed E-state index contributed by atoms with van der Waals surface area (Å²) < 4.78 is 5.05. The van der Waals surface area contributed by atoms with Crippen molar-refractivity contribution in [2.24, 2.45) is 5.73 Å². The third-order valence-electron chi connectivity index (χ3n) is 3.84. The number of carbonyl (C=O) groups is 4. The number of carbonyl (C=O) groups excluding carboxylic acids is 4. The van der Waals surface area contributed by atoms with E-state index in [9.17, 15) is 19.2 Å². The molecule has 0 spiro atoms. The highest BCUT2D eigenvalue weighted by Crippen LogP contribution is 2.13. The Balaban J connectivity index is 1.80. The summed E-state index contributed by atoms with van der Waals surface area (Å²) in [4.78, 5) is 47.1. The Morgan fingerprint density at radius 1 is 0.964 bits per heavy atom. The van der Waals surface area contributed by atoms with E-state index < -0.39 is 23.9 Å². The van der Waals surface area contributed by atoms with Crippen molar-refractivity contribution in [1.29, 1.82) is 0 Å². The van der Waals surface area contributed by atoms with Gasteiger partial charge in [0.2, 0.25) is 5.91 Å². The molecule has 146 valence electrons. The molecule has 0 aliphatic carbocycles. The molecular formula is C20H19ClN2O5. The number of rotatable bonds is 8. The van der Waals surface area contributed by atoms with Crippen LogP contribution >= 0.6 is 11.6 Å². The molecule has 8 heteroatoms. The molecule has 0 aliphatic heterocycles. The number of ketones is 1. The third kappa shape index (κ3) is 6.21. The fourth-order valence-electron chi connectivity index (χ4n) is 2.27. The van der Waals surface area contributed by atoms with Gasteiger partial charge in [-0.25, -0.2) is 0 Å². The number of nitrogens with two attached hydrogens (primary N) is 1. The molecule has 0 aliphatic rings. The molecule has 7 nitrogen and oxygen atoms in total. The minimum absolute atomic E-state index is 0.0383. The number of anilines is 1. The Morgan fingerprint density at radius 3 is 2.11 bits per heavy atom. The second-order valence-electron chi connectivity index (χ2n) is 5.99. The van der Waals surface area contributed by atoms with Gasteiger partial charge in [-0.3, -0.25) is 19.2 Å². The zero-order chi connectivity index (χ0) is 20.7. The van der Waals surface area contributed by atoms with Gasteiger partial charge in [-0.1, -0.05) is 11.6 Å². The van der Waals surface area contributed by atoms with E-state index in [1.165, 1.54) is 31.2 Å². The monoisotopic (exact) mass is 402 g/mol. The Morgan fingerprint density at radius 2 is 1.54 bits per heavy atom. The molecule has 0 radical (unpaired) electrons. The summed E-state index contributed by atoms with van der Waals surface area (Å²) in [6.45, 7) is 1.42. The third-order valence-corrected chi connectivity index (χ3v) is 4.09. The molecule has 1 atom stereocenters. The number of benzene rings is 2. The van der Waals surface area contributed by atoms with Crippen LogP contribution in [0.15, 0.2) is 48.5 Å². The van der Waals surface area contributed by atoms with Gasteiger partial charge in [0.05, 0.1) is 6.42 Å². The molecule has 0 unspecified atom stereocenters. The van der Waals surface area contributed by atoms with Crippen molar-refractivity contribution < 1.29 is 23.9 Å². The van der Waals surface area contributed by atoms with Crippen molar-refractivity contribution in [3.63, 3.8) is 0 Å². The normalized spacial score (nSPS) is 11.4. The standard InChI is InChI=1S/C20H19ClN2O5/c1-12(20(27)23-16-8-4-14(5-9-16)19(22)26)28-18(25)11-10-17(24)13-2-6-15(21)7-3-13/h2-9,12H,10-11H2,1H3,(H2,22,26)(H,23,27)/t12-/m0/s1. The SMILES string of the molecule is C[C@H](OC(=O)CCC(=O)c1ccc(Cl)cc1)C(=O)Nc1ccc(C(N)=O)cc1. The number of esters is 1. The highest BCUT2D eigenvalue weighted by Gasteiger charge is 2.19. The van der Waals surface area contributed by atoms with Crippen LogP contribution in [0.3, 0.4) is 0 Å². The molecule has 0 fully saturated rings. The number of nitrogens with one attached hydrogen (secondary N) is 1. The molecule has 2 amide bonds. The minimum Gasteiger partial charge on any atom is -0.453 e. The van der Waals surface area contributed by atoms with E-state index in [2.05, 4.69) is 5.32 Å². The van der Waals surface area contributed by atoms with Crippen LogP contribution in [-0.2, 0) is 14.3 Å². The number of amides is 2. The van der Waals surface area contributed by atoms with Crippen molar-refractivity contribution in [2.75, 3.05) is 5.32 Å². The highest BCUT2D eigenvalue weighted by molar-refractivity contribution is 6.30. The van der Waals surface area contributed by atoms with Crippen LogP contribution in [0.2, 0.25) is 5.02 Å². The lowest BCUT2D eigenvalue weighted by molar-refractivity contribution is -0.153. The smallest absolute Gasteiger partial charge is 0.307 e. The van der Waals surface area contributed by atoms with Crippen LogP contribution in [-0.4, -0.2) is 29.7 Å². The Hall–Kier alpha value is -3.19. The number of Topliss-reactive ketones (excluding diaryl/α,β-unsaturated/α-hetero) is 1. The largest absolute Gasteiger partial charge is 0.453 e. The van der Waals surface area contributed by atoms with Gasteiger partial charge >= 0.3 is 5.97 Å². The molecule has 0 saturated heterocycles. The van der Waals surface area contributed by atoms with Gasteiger partial charge in [-0.05, 0) is 55.5 Å². The molecule has 3 N–H and O–H groups in total. The van der Waals surface area contributed by atoms with E-state index in [1.54, 1.807) is 24.3 Å². The van der Waals surface area contributed by atoms with Crippen LogP contribution in [0, 0.1) is 0 Å². The molecule has 2 aromatic rings. The van der Waals surface area contributed by atoms with Gasteiger partial charge in [-0.2, -0.15) is 0 Å². The quantitative estimate of drug-likeness (QED) is 0.520. The summed E-state index contributed by atoms with van der Waals surface area (Å²) in [7, 11) is 0. The highest BCUT2D eigenvalue weighted by atomic mass is 35.5. The maximum absolute atomic E-state index is 12.1. The van der Waals surface area contributed by atoms with Crippen LogP contribution < -0.4 is 11.1 Å². The van der Waals surface area contributed by atoms with E-state index in [0.29, 0.717) is 21.8 Å². The van der Waals surface area contributed by atoms with Crippen LogP contribution in [0.1, 0.15) is 40.5 Å². The molecular weight excluding hydrogens is 384 g/mol. The van der Waals surface area contributed by atoms with E-state index in [-0.39, 0.29) is 18.6 Å². The predicted molar refractivity (Wildman–Crippen MR) is 104 cm³/mol. The zero-order valence-electron chi connectivity index (χ0n) is 15.1. The summed E-state index contributed by atoms with van der Waals surface area (Å²) in [5.41, 5.74) is 6.33. The predicted octanol–water partition coefficient (Wildman–Crippen LogP) is 2.97. The van der Waals surface area contributed by atoms with E-state index >= 15 is 0 Å². The lowest BCUT2D eigenvalue weighted by Gasteiger charge is -2.13. The van der Waals surface area contributed by atoms with Gasteiger partial charge in [0.1, 0.15) is 0 Å². The van der Waals surface area contributed by atoms with E-state index in [4.69, 9.17) is 22.1 Å². The number of hydrogen-bond donors (Lipinski definition) is 2. The maximum atomic E-state index is 12.1. The average Bonchev–Trinajstić information content (AvgIpc) is 2.67. The fraction of sp³-hybridized carbons (Fsp3) is 0.200. The summed E-state index contributed by atoms with van der Waals surface area (Å²) in [6.07, 6.45) is -1.23. The Kier molecular flexibility index (Phi) is 7.28. The Labute approximate surface area is 166 Å². The van der Waals surface area contributed by atoms with Crippen LogP contribution in [0.5, 0.6) is 0 Å². The van der Waals surface area contributed by atoms with E-state index in [0.717, 1.165) is 0 Å². The van der Waals surface area contributed by atoms with Crippen molar-refractivity contribution in [3.8, 4) is 0 Å². The fourth-order valence-corrected chi connectivity index (χ4v) is 2.39. The number of halogens is 1. The molecule has 0 heterocycles. The van der Waals surface area contributed by atoms with Crippen LogP contribution in [0.25, 0.3) is 0 Å². The van der Waals surface area contributed by atoms with Crippen molar-refractivity contribution in [2.45, 2.75) is 25.9 Å². The number of hydrogen-bond acceptors (Lipinski definition) is 5. The lowest BCUT2D eigenvalue weighted by atomic mass is 10.1. The second kappa shape index (κ2) is 9.66. The first-order chi connectivity index (χ1) is 13.3. The molecule has 28 heavy (non-hydrogen) atoms. The topological polar surface area (TPSA) is 116 Å². The van der Waals surface area contributed by atoms with Crippen molar-refractivity contribution in [1.82, 2.24) is 0 Å². The van der Waals surface area contributed by atoms with Gasteiger partial charge in [0.25, 0.3) is 5.91 Å². The summed E-state index contributed by atoms with van der Waals surface area (Å²) in [5.74, 6) is -1.99. The number of primary amides is 1. The molecule has 2 rings (SSSR count). The zero-order valence-corrected chi connectivity index (χ0v) is 15.9. The first kappa shape index (κ1) is 21.1. The lowest BCUT2D eigenvalue weighted by Crippen LogP contribution is -2.30. The molecule has 0 saturated carbocycles. The molecule has 0 aromatic heterocycles. The van der Waals surface area contributed by atoms with Gasteiger partial charge < -0.3 is 15.8 Å². The minimum atomic E-state index is -1.05. The molecule has 2 aromatic carbocycles. The van der Waals surface area contributed by atoms with E-state index in [1.807, 2.05) is 0 Å². The first-order valence-electron chi connectivity index (χ1n) is 8.45. The summed E-state index contributed by atoms with van der Waals surface area (Å²) >= 11 is 5.77. The van der Waals surface area contributed by atoms with Crippen LogP contribution in [0.4, 0.5) is 5.69 Å². The maximum Gasteiger partial charge on any atom is 0.307 e. The average molecular weight is 403 g/mol. The Bertz CT molecular complexity index is 878. The second-order valence-corrected chi connectivity index (χ2v) is 6.43. The number of ether oxygens (including phenoxy) is 1. The van der Waals surface area contributed by atoms with Crippen molar-refractivity contribution in [3.05, 3.63) is 64.7 Å². The first-order valence-corrected chi connectivity index (χ1v) is 8.83. The summed E-state index contributed by atoms with van der Waals surface area (Å²) in [6, 6.07) is 12.3. The van der Waals surface area contributed by atoms with Crippen molar-refractivity contribution >= 4 is 40.9 Å². The van der Waals surface area contributed by atoms with Gasteiger partial charge in [0, 0.05) is 28.3 Å². The summed E-state index contributed by atoms with van der Waals surface area (Å²) in [5, 5.41) is 3.08. The van der Waals surface area contributed by atoms with Gasteiger partial charge in [-0.15, -0.1) is 0 Å².